The number of carbonyl (C=O) groups excluding carboxylic acids is 2. The molecule has 0 N–H and O–H groups in total. The lowest BCUT2D eigenvalue weighted by Gasteiger charge is -2.29. The number of nitrogens with zero attached hydrogens (tertiary/aromatic N) is 4. The number of hydrogen-bond donors (Lipinski definition) is 0. The van der Waals surface area contributed by atoms with E-state index in [-0.39, 0.29) is 5.91 Å². The third-order valence-electron chi connectivity index (χ3n) is 4.92. The summed E-state index contributed by atoms with van der Waals surface area (Å²) in [6.07, 6.45) is -0.883. The maximum Gasteiger partial charge on any atom is 0.339 e. The molecule has 0 bridgehead atoms. The van der Waals surface area contributed by atoms with Crippen molar-refractivity contribution in [3.8, 4) is 10.6 Å². The monoisotopic (exact) mass is 414 g/mol. The summed E-state index contributed by atoms with van der Waals surface area (Å²) >= 11 is 1.54. The minimum atomic E-state index is -0.883. The summed E-state index contributed by atoms with van der Waals surface area (Å²) in [6, 6.07) is 5.60. The molecule has 1 amide bonds. The molecule has 3 aromatic heterocycles. The largest absolute Gasteiger partial charge is 0.449 e. The van der Waals surface area contributed by atoms with Crippen molar-refractivity contribution >= 4 is 34.2 Å². The van der Waals surface area contributed by atoms with E-state index < -0.39 is 12.1 Å². The van der Waals surface area contributed by atoms with E-state index in [0.717, 1.165) is 4.88 Å². The zero-order chi connectivity index (χ0) is 20.5. The Bertz CT molecular complexity index is 1050. The second kappa shape index (κ2) is 7.92. The molecule has 0 spiro atoms. The number of aryl methyl sites for hydroxylation is 2. The predicted octanol–water partition coefficient (Wildman–Crippen LogP) is 2.41. The number of carbonyl (C=O) groups is 2. The average Bonchev–Trinajstić information content (AvgIpc) is 3.36. The molecule has 152 valence electrons. The van der Waals surface area contributed by atoms with E-state index in [1.165, 1.54) is 11.3 Å². The summed E-state index contributed by atoms with van der Waals surface area (Å²) in [5.74, 6) is -0.770. The van der Waals surface area contributed by atoms with Gasteiger partial charge in [0.2, 0.25) is 0 Å². The highest BCUT2D eigenvalue weighted by molar-refractivity contribution is 7.13. The first kappa shape index (κ1) is 19.5. The van der Waals surface area contributed by atoms with Crippen LogP contribution in [0.4, 0.5) is 0 Å². The molecule has 1 unspecified atom stereocenters. The summed E-state index contributed by atoms with van der Waals surface area (Å²) in [5.41, 5.74) is 2.33. The minimum absolute atomic E-state index is 0.215. The van der Waals surface area contributed by atoms with Crippen molar-refractivity contribution in [2.75, 3.05) is 26.3 Å². The van der Waals surface area contributed by atoms with E-state index >= 15 is 0 Å². The zero-order valence-electron chi connectivity index (χ0n) is 16.5. The van der Waals surface area contributed by atoms with E-state index in [1.54, 1.807) is 29.6 Å². The molecule has 29 heavy (non-hydrogen) atoms. The number of ether oxygens (including phenoxy) is 2. The van der Waals surface area contributed by atoms with Gasteiger partial charge in [-0.3, -0.25) is 9.48 Å². The summed E-state index contributed by atoms with van der Waals surface area (Å²) in [7, 11) is 1.79. The van der Waals surface area contributed by atoms with Crippen LogP contribution in [0.25, 0.3) is 21.6 Å². The van der Waals surface area contributed by atoms with Crippen LogP contribution in [0.1, 0.15) is 23.0 Å². The lowest BCUT2D eigenvalue weighted by Crippen LogP contribution is -2.46. The molecule has 4 rings (SSSR count). The van der Waals surface area contributed by atoms with Crippen LogP contribution in [0.2, 0.25) is 0 Å². The Morgan fingerprint density at radius 2 is 2.07 bits per heavy atom. The molecule has 1 aliphatic rings. The fourth-order valence-corrected chi connectivity index (χ4v) is 4.16. The fraction of sp³-hybridized carbons (Fsp3) is 0.400. The van der Waals surface area contributed by atoms with Gasteiger partial charge in [0.25, 0.3) is 5.91 Å². The van der Waals surface area contributed by atoms with Gasteiger partial charge in [-0.15, -0.1) is 11.3 Å². The Morgan fingerprint density at radius 1 is 1.31 bits per heavy atom. The highest BCUT2D eigenvalue weighted by atomic mass is 32.1. The van der Waals surface area contributed by atoms with Gasteiger partial charge in [-0.2, -0.15) is 5.10 Å². The molecular formula is C20H22N4O4S. The molecule has 0 saturated carbocycles. The van der Waals surface area contributed by atoms with Gasteiger partial charge in [-0.05, 0) is 31.4 Å². The average molecular weight is 414 g/mol. The topological polar surface area (TPSA) is 86.6 Å². The van der Waals surface area contributed by atoms with Crippen molar-refractivity contribution in [3.05, 3.63) is 34.8 Å². The maximum atomic E-state index is 13.1. The number of thiophene rings is 1. The second-order valence-electron chi connectivity index (χ2n) is 6.93. The summed E-state index contributed by atoms with van der Waals surface area (Å²) in [4.78, 5) is 33.0. The van der Waals surface area contributed by atoms with E-state index in [4.69, 9.17) is 9.47 Å². The standard InChI is InChI=1S/C20H22N4O4S/c1-12-17-14(20(26)28-13(2)19(25)24-6-8-27-9-7-24)11-15(16-5-4-10-29-16)21-18(17)23(3)22-12/h4-5,10-11,13H,6-9H2,1-3H3. The van der Waals surface area contributed by atoms with Gasteiger partial charge < -0.3 is 14.4 Å². The number of rotatable bonds is 4. The molecular weight excluding hydrogens is 392 g/mol. The van der Waals surface area contributed by atoms with E-state index in [2.05, 4.69) is 10.1 Å². The van der Waals surface area contributed by atoms with Gasteiger partial charge in [0, 0.05) is 20.1 Å². The van der Waals surface area contributed by atoms with Crippen LogP contribution in [-0.4, -0.2) is 63.9 Å². The van der Waals surface area contributed by atoms with Crippen LogP contribution in [0, 0.1) is 6.92 Å². The van der Waals surface area contributed by atoms with Gasteiger partial charge >= 0.3 is 5.97 Å². The van der Waals surface area contributed by atoms with Crippen molar-refractivity contribution in [1.29, 1.82) is 0 Å². The predicted molar refractivity (Wildman–Crippen MR) is 109 cm³/mol. The summed E-state index contributed by atoms with van der Waals surface area (Å²) < 4.78 is 12.5. The normalized spacial score (nSPS) is 15.5. The van der Waals surface area contributed by atoms with E-state index in [1.807, 2.05) is 24.4 Å². The Balaban J connectivity index is 1.66. The van der Waals surface area contributed by atoms with Crippen LogP contribution >= 0.6 is 11.3 Å². The molecule has 1 aliphatic heterocycles. The van der Waals surface area contributed by atoms with Crippen molar-refractivity contribution in [2.24, 2.45) is 7.05 Å². The van der Waals surface area contributed by atoms with E-state index in [0.29, 0.717) is 54.3 Å². The number of hydrogen-bond acceptors (Lipinski definition) is 7. The fourth-order valence-electron chi connectivity index (χ4n) is 3.47. The summed E-state index contributed by atoms with van der Waals surface area (Å²) in [6.45, 7) is 5.43. The molecule has 1 atom stereocenters. The lowest BCUT2D eigenvalue weighted by atomic mass is 10.1. The first-order chi connectivity index (χ1) is 14.0. The number of amides is 1. The number of morpholine rings is 1. The van der Waals surface area contributed by atoms with Crippen LogP contribution < -0.4 is 0 Å². The van der Waals surface area contributed by atoms with Gasteiger partial charge in [-0.25, -0.2) is 9.78 Å². The third-order valence-corrected chi connectivity index (χ3v) is 5.81. The maximum absolute atomic E-state index is 13.1. The highest BCUT2D eigenvalue weighted by Crippen LogP contribution is 2.29. The summed E-state index contributed by atoms with van der Waals surface area (Å²) in [5, 5.41) is 7.00. The molecule has 9 heteroatoms. The smallest absolute Gasteiger partial charge is 0.339 e. The van der Waals surface area contributed by atoms with Gasteiger partial charge in [0.1, 0.15) is 0 Å². The highest BCUT2D eigenvalue weighted by Gasteiger charge is 2.28. The van der Waals surface area contributed by atoms with Crippen molar-refractivity contribution in [1.82, 2.24) is 19.7 Å². The van der Waals surface area contributed by atoms with E-state index in [9.17, 15) is 9.59 Å². The van der Waals surface area contributed by atoms with Gasteiger partial charge in [-0.1, -0.05) is 6.07 Å². The third kappa shape index (κ3) is 3.75. The zero-order valence-corrected chi connectivity index (χ0v) is 17.4. The Hall–Kier alpha value is -2.78. The number of esters is 1. The van der Waals surface area contributed by atoms with Crippen molar-refractivity contribution < 1.29 is 19.1 Å². The molecule has 0 aromatic carbocycles. The van der Waals surface area contributed by atoms with Gasteiger partial charge in [0.05, 0.1) is 40.4 Å². The molecule has 0 radical (unpaired) electrons. The Morgan fingerprint density at radius 3 is 2.76 bits per heavy atom. The first-order valence-corrected chi connectivity index (χ1v) is 10.3. The van der Waals surface area contributed by atoms with Crippen LogP contribution in [0.15, 0.2) is 23.6 Å². The quantitative estimate of drug-likeness (QED) is 0.610. The van der Waals surface area contributed by atoms with Crippen LogP contribution in [0.3, 0.4) is 0 Å². The SMILES string of the molecule is Cc1nn(C)c2nc(-c3cccs3)cc(C(=O)OC(C)C(=O)N3CCOCC3)c12. The van der Waals surface area contributed by atoms with Crippen molar-refractivity contribution in [3.63, 3.8) is 0 Å². The Kier molecular flexibility index (Phi) is 5.33. The van der Waals surface area contributed by atoms with Gasteiger partial charge in [0.15, 0.2) is 11.8 Å². The minimum Gasteiger partial charge on any atom is -0.449 e. The Labute approximate surface area is 172 Å². The molecule has 1 saturated heterocycles. The number of fused-ring (bicyclic) bond motifs is 1. The van der Waals surface area contributed by atoms with Crippen LogP contribution in [0.5, 0.6) is 0 Å². The second-order valence-corrected chi connectivity index (χ2v) is 7.87. The van der Waals surface area contributed by atoms with Crippen LogP contribution in [-0.2, 0) is 21.3 Å². The molecule has 3 aromatic rings. The molecule has 4 heterocycles. The van der Waals surface area contributed by atoms with Crippen molar-refractivity contribution in [2.45, 2.75) is 20.0 Å². The number of pyridine rings is 1. The number of aromatic nitrogens is 3. The lowest BCUT2D eigenvalue weighted by molar-refractivity contribution is -0.143. The first-order valence-electron chi connectivity index (χ1n) is 9.41. The molecule has 8 nitrogen and oxygen atoms in total. The molecule has 1 fully saturated rings. The molecule has 0 aliphatic carbocycles.